The first-order valence-corrected chi connectivity index (χ1v) is 10.7. The predicted octanol–water partition coefficient (Wildman–Crippen LogP) is 4.42. The highest BCUT2D eigenvalue weighted by atomic mass is 19.1. The summed E-state index contributed by atoms with van der Waals surface area (Å²) in [5.74, 6) is 0.429. The first kappa shape index (κ1) is 21.5. The molecule has 1 atom stereocenters. The lowest BCUT2D eigenvalue weighted by Crippen LogP contribution is -2.44. The van der Waals surface area contributed by atoms with E-state index in [1.165, 1.54) is 12.1 Å². The molecule has 0 amide bonds. The highest BCUT2D eigenvalue weighted by Gasteiger charge is 2.34. The number of rotatable bonds is 7. The monoisotopic (exact) mass is 421 g/mol. The van der Waals surface area contributed by atoms with Crippen molar-refractivity contribution in [3.8, 4) is 5.75 Å². The highest BCUT2D eigenvalue weighted by Crippen LogP contribution is 2.33. The second-order valence-electron chi connectivity index (χ2n) is 8.20. The predicted molar refractivity (Wildman–Crippen MR) is 118 cm³/mol. The molecule has 2 N–H and O–H groups in total. The molecule has 4 nitrogen and oxygen atoms in total. The molecule has 0 bridgehead atoms. The Morgan fingerprint density at radius 3 is 2.32 bits per heavy atom. The second-order valence-corrected chi connectivity index (χ2v) is 8.20. The Labute approximate surface area is 182 Å². The van der Waals surface area contributed by atoms with Crippen molar-refractivity contribution in [1.29, 1.82) is 0 Å². The zero-order valence-corrected chi connectivity index (χ0v) is 17.5. The number of aliphatic hydroxyl groups excluding tert-OH is 1. The van der Waals surface area contributed by atoms with Crippen LogP contribution in [0.2, 0.25) is 0 Å². The van der Waals surface area contributed by atoms with Crippen molar-refractivity contribution >= 4 is 0 Å². The minimum absolute atomic E-state index is 0.333. The van der Waals surface area contributed by atoms with Crippen LogP contribution in [0.4, 0.5) is 4.39 Å². The van der Waals surface area contributed by atoms with Gasteiger partial charge < -0.3 is 19.8 Å². The van der Waals surface area contributed by atoms with Gasteiger partial charge in [0.2, 0.25) is 0 Å². The number of likely N-dealkylation sites (tertiary alicyclic amines) is 1. The van der Waals surface area contributed by atoms with Crippen LogP contribution >= 0.6 is 0 Å². The topological polar surface area (TPSA) is 52.9 Å². The Morgan fingerprint density at radius 2 is 1.65 bits per heavy atom. The lowest BCUT2D eigenvalue weighted by atomic mass is 9.84. The second kappa shape index (κ2) is 9.60. The van der Waals surface area contributed by atoms with E-state index in [2.05, 4.69) is 4.90 Å². The third-order valence-electron chi connectivity index (χ3n) is 5.99. The van der Waals surface area contributed by atoms with Crippen LogP contribution in [0, 0.1) is 5.82 Å². The molecule has 1 unspecified atom stereocenters. The number of aliphatic hydroxyl groups is 2. The Morgan fingerprint density at radius 1 is 0.935 bits per heavy atom. The van der Waals surface area contributed by atoms with Crippen LogP contribution in [0.25, 0.3) is 0 Å². The van der Waals surface area contributed by atoms with Crippen molar-refractivity contribution in [3.63, 3.8) is 0 Å². The van der Waals surface area contributed by atoms with Crippen LogP contribution in [0.15, 0.2) is 78.9 Å². The van der Waals surface area contributed by atoms with Gasteiger partial charge in [-0.15, -0.1) is 0 Å². The summed E-state index contributed by atoms with van der Waals surface area (Å²) in [4.78, 5) is 2.14. The lowest BCUT2D eigenvalue weighted by molar-refractivity contribution is -0.0346. The maximum atomic E-state index is 13.5. The third-order valence-corrected chi connectivity index (χ3v) is 5.99. The number of ether oxygens (including phenoxy) is 1. The molecule has 5 heteroatoms. The molecule has 1 saturated heterocycles. The van der Waals surface area contributed by atoms with E-state index >= 15 is 0 Å². The van der Waals surface area contributed by atoms with Crippen molar-refractivity contribution < 1.29 is 19.3 Å². The maximum Gasteiger partial charge on any atom is 0.123 e. The maximum absolute atomic E-state index is 13.5. The van der Waals surface area contributed by atoms with Gasteiger partial charge in [-0.2, -0.15) is 0 Å². The highest BCUT2D eigenvalue weighted by molar-refractivity contribution is 5.29. The Balaban J connectivity index is 1.28. The van der Waals surface area contributed by atoms with Gasteiger partial charge in [0.05, 0.1) is 11.7 Å². The van der Waals surface area contributed by atoms with E-state index in [4.69, 9.17) is 4.74 Å². The molecule has 0 aliphatic carbocycles. The molecule has 31 heavy (non-hydrogen) atoms. The number of piperidine rings is 1. The van der Waals surface area contributed by atoms with Gasteiger partial charge in [0, 0.05) is 19.6 Å². The van der Waals surface area contributed by atoms with E-state index in [1.807, 2.05) is 54.6 Å². The number of halogens is 1. The Hall–Kier alpha value is -2.73. The molecule has 3 aromatic carbocycles. The fourth-order valence-corrected chi connectivity index (χ4v) is 4.05. The van der Waals surface area contributed by atoms with Crippen molar-refractivity contribution in [2.45, 2.75) is 31.2 Å². The average Bonchev–Trinajstić information content (AvgIpc) is 2.80. The van der Waals surface area contributed by atoms with Gasteiger partial charge in [-0.05, 0) is 53.8 Å². The smallest absolute Gasteiger partial charge is 0.123 e. The van der Waals surface area contributed by atoms with Crippen LogP contribution in [0.3, 0.4) is 0 Å². The summed E-state index contributed by atoms with van der Waals surface area (Å²) in [5, 5.41) is 21.6. The summed E-state index contributed by atoms with van der Waals surface area (Å²) in [6.45, 7) is 2.28. The molecular formula is C26H28FNO3. The molecule has 1 aliphatic heterocycles. The summed E-state index contributed by atoms with van der Waals surface area (Å²) < 4.78 is 19.3. The molecule has 0 aromatic heterocycles. The lowest BCUT2D eigenvalue weighted by Gasteiger charge is -2.39. The standard InChI is InChI=1S/C26H28FNO3/c27-23-8-4-7-22(17-23)26(30)13-15-28(16-14-26)18-25(29)21-9-11-24(12-10-21)31-19-20-5-2-1-3-6-20/h1-12,17,25,29-30H,13-16,18-19H2. The molecule has 1 heterocycles. The van der Waals surface area contributed by atoms with E-state index in [0.717, 1.165) is 16.9 Å². The van der Waals surface area contributed by atoms with Crippen LogP contribution in [0.1, 0.15) is 35.6 Å². The molecule has 162 valence electrons. The van der Waals surface area contributed by atoms with Gasteiger partial charge in [0.1, 0.15) is 18.2 Å². The van der Waals surface area contributed by atoms with Crippen LogP contribution in [0.5, 0.6) is 5.75 Å². The largest absolute Gasteiger partial charge is 0.489 e. The summed E-state index contributed by atoms with van der Waals surface area (Å²) in [6.07, 6.45) is 0.397. The van der Waals surface area contributed by atoms with Gasteiger partial charge in [0.15, 0.2) is 0 Å². The third kappa shape index (κ3) is 5.50. The summed E-state index contributed by atoms with van der Waals surface area (Å²) in [6, 6.07) is 23.7. The van der Waals surface area contributed by atoms with E-state index in [-0.39, 0.29) is 5.82 Å². The molecular weight excluding hydrogens is 393 g/mol. The SMILES string of the molecule is OC(CN1CCC(O)(c2cccc(F)c2)CC1)c1ccc(OCc2ccccc2)cc1. The minimum Gasteiger partial charge on any atom is -0.489 e. The van der Waals surface area contributed by atoms with E-state index < -0.39 is 11.7 Å². The minimum atomic E-state index is -1.01. The van der Waals surface area contributed by atoms with E-state index in [0.29, 0.717) is 44.6 Å². The Bertz CT molecular complexity index is 969. The zero-order chi connectivity index (χ0) is 21.7. The van der Waals surface area contributed by atoms with Crippen LogP contribution in [-0.2, 0) is 12.2 Å². The number of nitrogens with zero attached hydrogens (tertiary/aromatic N) is 1. The quantitative estimate of drug-likeness (QED) is 0.593. The normalized spacial score (nSPS) is 17.3. The van der Waals surface area contributed by atoms with E-state index in [9.17, 15) is 14.6 Å². The van der Waals surface area contributed by atoms with Gasteiger partial charge in [0.25, 0.3) is 0 Å². The fourth-order valence-electron chi connectivity index (χ4n) is 4.05. The van der Waals surface area contributed by atoms with Gasteiger partial charge in [-0.1, -0.05) is 54.6 Å². The molecule has 1 fully saturated rings. The van der Waals surface area contributed by atoms with Crippen molar-refractivity contribution in [2.24, 2.45) is 0 Å². The van der Waals surface area contributed by atoms with Crippen molar-refractivity contribution in [1.82, 2.24) is 4.90 Å². The molecule has 4 rings (SSSR count). The number of β-amino-alcohol motifs (C(OH)–C–C–N with tert-alkyl or cyclic N) is 1. The molecule has 0 saturated carbocycles. The zero-order valence-electron chi connectivity index (χ0n) is 17.5. The number of benzene rings is 3. The van der Waals surface area contributed by atoms with E-state index in [1.54, 1.807) is 12.1 Å². The van der Waals surface area contributed by atoms with Crippen molar-refractivity contribution in [2.75, 3.05) is 19.6 Å². The first-order valence-electron chi connectivity index (χ1n) is 10.7. The van der Waals surface area contributed by atoms with Gasteiger partial charge >= 0.3 is 0 Å². The molecule has 3 aromatic rings. The summed E-state index contributed by atoms with van der Waals surface area (Å²) in [5.41, 5.74) is 1.55. The number of hydrogen-bond acceptors (Lipinski definition) is 4. The van der Waals surface area contributed by atoms with Gasteiger partial charge in [-0.3, -0.25) is 0 Å². The molecule has 0 spiro atoms. The Kier molecular flexibility index (Phi) is 6.66. The average molecular weight is 422 g/mol. The summed E-state index contributed by atoms with van der Waals surface area (Å²) >= 11 is 0. The van der Waals surface area contributed by atoms with Gasteiger partial charge in [-0.25, -0.2) is 4.39 Å². The van der Waals surface area contributed by atoms with Crippen LogP contribution < -0.4 is 4.74 Å². The first-order chi connectivity index (χ1) is 15.0. The molecule has 0 radical (unpaired) electrons. The summed E-state index contributed by atoms with van der Waals surface area (Å²) in [7, 11) is 0. The van der Waals surface area contributed by atoms with Crippen LogP contribution in [-0.4, -0.2) is 34.7 Å². The van der Waals surface area contributed by atoms with Crippen molar-refractivity contribution in [3.05, 3.63) is 101 Å². The fraction of sp³-hybridized carbons (Fsp3) is 0.308. The number of hydrogen-bond donors (Lipinski definition) is 2. The molecule has 1 aliphatic rings.